The Bertz CT molecular complexity index is 5290. The van der Waals surface area contributed by atoms with Crippen LogP contribution >= 0.6 is 0 Å². The summed E-state index contributed by atoms with van der Waals surface area (Å²) in [6, 6.07) is 37.7. The molecule has 0 radical (unpaired) electrons. The van der Waals surface area contributed by atoms with E-state index in [1.807, 2.05) is 84.9 Å². The second kappa shape index (κ2) is 37.6. The Labute approximate surface area is 771 Å². The maximum absolute atomic E-state index is 13.2. The van der Waals surface area contributed by atoms with E-state index in [0.717, 1.165) is 153 Å². The molecule has 29 atom stereocenters. The largest absolute Gasteiger partial charge is 0.382 e. The molecule has 18 fully saturated rings. The van der Waals surface area contributed by atoms with E-state index in [0.29, 0.717) is 186 Å². The lowest BCUT2D eigenvalue weighted by Crippen LogP contribution is -2.59. The minimum Gasteiger partial charge on any atom is -0.382 e. The van der Waals surface area contributed by atoms with Gasteiger partial charge in [0.05, 0.1) is 76.3 Å². The molecule has 18 aliphatic rings. The number of epoxide rings is 5. The van der Waals surface area contributed by atoms with E-state index >= 15 is 0 Å². The fraction of sp³-hybridized carbons (Fsp3) is 0.712. The van der Waals surface area contributed by atoms with Gasteiger partial charge in [-0.25, -0.2) is 0 Å². The van der Waals surface area contributed by atoms with Crippen LogP contribution < -0.4 is 20.9 Å². The van der Waals surface area contributed by atoms with Crippen LogP contribution in [0, 0.1) is 71.0 Å². The maximum atomic E-state index is 13.2. The molecule has 25 heteroatoms. The number of fused-ring (bicyclic) bond motifs is 11. The lowest BCUT2D eigenvalue weighted by atomic mass is 9.56. The lowest BCUT2D eigenvalue weighted by Gasteiger charge is -2.52. The summed E-state index contributed by atoms with van der Waals surface area (Å²) in [6.45, 7) is 22.4. The monoisotopic (exact) mass is 1870 g/mol. The first-order valence-electron chi connectivity index (χ1n) is 50.1. The molecule has 0 amide bonds. The van der Waals surface area contributed by atoms with Crippen molar-refractivity contribution in [3.63, 3.8) is 0 Å². The van der Waals surface area contributed by atoms with Crippen LogP contribution in [0.2, 0.25) is 0 Å². The minimum atomic E-state index is -3.66. The summed E-state index contributed by atoms with van der Waals surface area (Å²) < 4.78 is 185. The van der Waals surface area contributed by atoms with Crippen LogP contribution in [0.5, 0.6) is 28.7 Å². The van der Waals surface area contributed by atoms with Crippen LogP contribution in [0.25, 0.3) is 0 Å². The number of benzene rings is 5. The Morgan fingerprint density at radius 3 is 1.26 bits per heavy atom. The highest BCUT2D eigenvalue weighted by molar-refractivity contribution is 7.89. The Balaban J connectivity index is 0.000000109. The topological polar surface area (TPSA) is 279 Å². The molecule has 4 bridgehead atoms. The van der Waals surface area contributed by atoms with Gasteiger partial charge in [-0.1, -0.05) is 136 Å². The molecular formula is C104H144O20S5. The molecule has 29 unspecified atom stereocenters. The average Bonchev–Trinajstić information content (AvgIpc) is 1.50. The molecule has 129 heavy (non-hydrogen) atoms. The van der Waals surface area contributed by atoms with Gasteiger partial charge in [0.15, 0.2) is 0 Å². The van der Waals surface area contributed by atoms with E-state index in [4.69, 9.17) is 44.6 Å². The smallest absolute Gasteiger partial charge is 0.315 e. The number of ether oxygens (including phenoxy) is 5. The Morgan fingerprint density at radius 1 is 0.341 bits per heavy atom. The predicted octanol–water partition coefficient (Wildman–Crippen LogP) is 22.1. The van der Waals surface area contributed by atoms with Gasteiger partial charge < -0.3 is 44.6 Å². The quantitative estimate of drug-likeness (QED) is 0.0388. The van der Waals surface area contributed by atoms with Crippen LogP contribution in [0.15, 0.2) is 121 Å². The van der Waals surface area contributed by atoms with E-state index in [-0.39, 0.29) is 32.9 Å². The fourth-order valence-electron chi connectivity index (χ4n) is 26.6. The molecule has 5 aliphatic heterocycles. The molecule has 5 aromatic carbocycles. The molecule has 2 spiro atoms. The van der Waals surface area contributed by atoms with Crippen molar-refractivity contribution in [3.05, 3.63) is 149 Å². The summed E-state index contributed by atoms with van der Waals surface area (Å²) >= 11 is 0. The average molecular weight is 1870 g/mol. The summed E-state index contributed by atoms with van der Waals surface area (Å²) in [5.74, 6) is 11.3. The summed E-state index contributed by atoms with van der Waals surface area (Å²) in [7, 11) is -18.0. The molecule has 23 rings (SSSR count). The second-order valence-electron chi connectivity index (χ2n) is 43.1. The highest BCUT2D eigenvalue weighted by Crippen LogP contribution is 2.70. The molecular weight excluding hydrogens is 1730 g/mol. The summed E-state index contributed by atoms with van der Waals surface area (Å²) in [4.78, 5) is 0. The van der Waals surface area contributed by atoms with Gasteiger partial charge in [0.1, 0.15) is 38.7 Å². The predicted molar refractivity (Wildman–Crippen MR) is 500 cm³/mol. The first kappa shape index (κ1) is 94.0. The fourth-order valence-corrected chi connectivity index (χ4v) is 34.4. The summed E-state index contributed by atoms with van der Waals surface area (Å²) in [6.07, 6.45) is 34.2. The molecule has 5 saturated heterocycles. The van der Waals surface area contributed by atoms with Crippen LogP contribution in [0.3, 0.4) is 0 Å². The zero-order valence-corrected chi connectivity index (χ0v) is 81.8. The van der Waals surface area contributed by atoms with E-state index in [2.05, 4.69) is 69.2 Å². The third-order valence-corrected chi connectivity index (χ3v) is 44.1. The van der Waals surface area contributed by atoms with Crippen molar-refractivity contribution >= 4 is 50.6 Å². The minimum absolute atomic E-state index is 0.00393. The Hall–Kier alpha value is -5.35. The molecule has 0 N–H and O–H groups in total. The molecule has 710 valence electrons. The number of hydrogen-bond acceptors (Lipinski definition) is 20. The van der Waals surface area contributed by atoms with Gasteiger partial charge in [0, 0.05) is 6.42 Å². The highest BCUT2D eigenvalue weighted by atomic mass is 32.2. The van der Waals surface area contributed by atoms with Gasteiger partial charge in [-0.15, -0.1) is 0 Å². The van der Waals surface area contributed by atoms with Crippen LogP contribution in [0.1, 0.15) is 332 Å². The normalized spacial score (nSPS) is 37.6. The highest BCUT2D eigenvalue weighted by Gasteiger charge is 2.76. The van der Waals surface area contributed by atoms with Gasteiger partial charge in [-0.3, -0.25) is 0 Å². The van der Waals surface area contributed by atoms with E-state index in [1.54, 1.807) is 36.4 Å². The summed E-state index contributed by atoms with van der Waals surface area (Å²) in [5, 5.41) is -1.50. The standard InChI is InChI=1S/C24H34O4S.C23H32O4S.C20H26O4S.C20H28O4S.C17H24O4S/c1-3-15(2)16-4-7-21(8-5-16)28-29(25,26)22-9-6-17-10-19-13-23-24(27-23)14-20(19)11-18(17)12-22;1-3-14(2)15-4-6-16(7-5-15)27-28(24,25)22-13-11-17-18-10-12-21-23(26-21)20(18)9-8-19(17)22;1-3-13(2)15-4-6-17(7-5-15)24-25(21,22)19-9-14-8-16(11-19)18-20(10-14,12-19)23-18;1-3-13(2)14-7-9-16(10-8-14)24-25(21,22)17-11-15-5-4-6-19-20(23-19)18(15)12-17;1-3-13(2)14-4-6-15(7-5-14)21-22(18,19)16-8-10-17(11-9-16)12-20-17/h4-5,7-8,15,17-20,22-24H,3,6,9-14H2,1-2H3;4-7,14,17-23H,3,8-13H2,1-2H3;4-7,13-14,16,18H,3,8-12H2,1-2H3;7-10,13,15,17-20H,3-6,11-12H2,1-2H3;4-7,13,16H,3,8-12H2,1-2H3. The first-order valence-corrected chi connectivity index (χ1v) is 57.4. The molecule has 20 nitrogen and oxygen atoms in total. The third kappa shape index (κ3) is 20.4. The van der Waals surface area contributed by atoms with Gasteiger partial charge >= 0.3 is 50.6 Å². The third-order valence-electron chi connectivity index (χ3n) is 35.4. The van der Waals surface area contributed by atoms with Crippen molar-refractivity contribution < 1.29 is 86.7 Å². The van der Waals surface area contributed by atoms with Crippen molar-refractivity contribution in [2.45, 2.75) is 384 Å². The van der Waals surface area contributed by atoms with Crippen molar-refractivity contribution in [3.8, 4) is 28.7 Å². The van der Waals surface area contributed by atoms with Gasteiger partial charge in [-0.05, 0) is 382 Å². The van der Waals surface area contributed by atoms with E-state index in [1.165, 1.54) is 66.3 Å². The molecule has 0 aromatic heterocycles. The van der Waals surface area contributed by atoms with Gasteiger partial charge in [0.25, 0.3) is 0 Å². The van der Waals surface area contributed by atoms with E-state index in [9.17, 15) is 42.1 Å². The summed E-state index contributed by atoms with van der Waals surface area (Å²) in [5.41, 5.74) is 5.96. The van der Waals surface area contributed by atoms with Crippen molar-refractivity contribution in [2.75, 3.05) is 6.61 Å². The molecule has 5 aromatic rings. The lowest BCUT2D eigenvalue weighted by molar-refractivity contribution is 0.0602. The van der Waals surface area contributed by atoms with Crippen LogP contribution in [-0.4, -0.2) is 128 Å². The Kier molecular flexibility index (Phi) is 27.4. The van der Waals surface area contributed by atoms with Crippen molar-refractivity contribution in [1.82, 2.24) is 0 Å². The Morgan fingerprint density at radius 2 is 0.760 bits per heavy atom. The second-order valence-corrected chi connectivity index (χ2v) is 52.3. The van der Waals surface area contributed by atoms with Crippen LogP contribution in [0.4, 0.5) is 0 Å². The zero-order valence-electron chi connectivity index (χ0n) is 77.8. The SMILES string of the molecule is CCC(C)c1ccc(OS(=O)(=O)C23CC4CC(C2)C2OC2(C4)C3)cc1.CCC(C)c1ccc(OS(=O)(=O)C2CC3CCCC4OC4C3C2)cc1.CCC(C)c1ccc(OS(=O)(=O)C2CCC3(CC2)CO3)cc1.CCC(C)c1ccc(OS(=O)(=O)C2CCC3C4CCC5OC5C4CCC32)cc1.CCC(C)c1ccc(OS(=O)(=O)C2CCC3CC4CC5OC5CC4CC3C2)cc1. The molecule has 5 heterocycles. The van der Waals surface area contributed by atoms with Crippen molar-refractivity contribution in [2.24, 2.45) is 71.0 Å². The first-order chi connectivity index (χ1) is 61.7. The zero-order chi connectivity index (χ0) is 90.5. The maximum Gasteiger partial charge on any atom is 0.315 e. The van der Waals surface area contributed by atoms with Gasteiger partial charge in [0.2, 0.25) is 0 Å². The van der Waals surface area contributed by atoms with Crippen molar-refractivity contribution in [1.29, 1.82) is 0 Å². The molecule has 13 saturated carbocycles. The number of hydrogen-bond donors (Lipinski definition) is 0. The van der Waals surface area contributed by atoms with Gasteiger partial charge in [-0.2, -0.15) is 42.1 Å². The number of rotatable bonds is 25. The molecule has 13 aliphatic carbocycles. The van der Waals surface area contributed by atoms with E-state index < -0.39 is 60.6 Å². The van der Waals surface area contributed by atoms with Crippen LogP contribution in [-0.2, 0) is 74.3 Å².